The van der Waals surface area contributed by atoms with Crippen molar-refractivity contribution in [2.75, 3.05) is 6.61 Å². The lowest BCUT2D eigenvalue weighted by Gasteiger charge is -2.28. The molecule has 3 nitrogen and oxygen atoms in total. The summed E-state index contributed by atoms with van der Waals surface area (Å²) in [6.45, 7) is 9.27. The highest BCUT2D eigenvalue weighted by Crippen LogP contribution is 2.18. The Bertz CT molecular complexity index is 199. The van der Waals surface area contributed by atoms with Crippen LogP contribution in [0.2, 0.25) is 0 Å². The fourth-order valence-corrected chi connectivity index (χ4v) is 1.31. The Morgan fingerprint density at radius 2 is 1.93 bits per heavy atom. The maximum Gasteiger partial charge on any atom is 0.0799 e. The first kappa shape index (κ1) is 13.2. The van der Waals surface area contributed by atoms with Crippen LogP contribution >= 0.6 is 0 Å². The Hall–Kier alpha value is -0.760. The Morgan fingerprint density at radius 1 is 1.36 bits per heavy atom. The van der Waals surface area contributed by atoms with Crippen molar-refractivity contribution in [3.05, 3.63) is 18.5 Å². The van der Waals surface area contributed by atoms with E-state index in [9.17, 15) is 5.11 Å². The van der Waals surface area contributed by atoms with E-state index in [0.29, 0.717) is 0 Å². The largest absolute Gasteiger partial charge is 0.394 e. The average Bonchev–Trinajstić information content (AvgIpc) is 2.22. The molecule has 82 valence electrons. The molecule has 0 aromatic heterocycles. The second kappa shape index (κ2) is 6.66. The van der Waals surface area contributed by atoms with Gasteiger partial charge in [0.05, 0.1) is 12.7 Å². The molecule has 0 saturated carbocycles. The summed E-state index contributed by atoms with van der Waals surface area (Å²) in [6.07, 6.45) is 1.01. The zero-order chi connectivity index (χ0) is 11.1. The molecule has 0 aromatic carbocycles. The van der Waals surface area contributed by atoms with E-state index in [1.165, 1.54) is 0 Å². The molecule has 0 radical (unpaired) electrons. The molecule has 3 heteroatoms. The van der Waals surface area contributed by atoms with Gasteiger partial charge in [-0.1, -0.05) is 20.4 Å². The molecular formula is C11H21NO2. The van der Waals surface area contributed by atoms with Crippen LogP contribution in [-0.4, -0.2) is 29.0 Å². The summed E-state index contributed by atoms with van der Waals surface area (Å²) in [6, 6.07) is 0.223. The zero-order valence-electron chi connectivity index (χ0n) is 9.20. The van der Waals surface area contributed by atoms with Crippen molar-refractivity contribution in [2.24, 2.45) is 11.8 Å². The molecule has 0 bridgehead atoms. The Kier molecular flexibility index (Phi) is 6.30. The number of hydrogen-bond donors (Lipinski definition) is 3. The summed E-state index contributed by atoms with van der Waals surface area (Å²) in [4.78, 5) is 0. The van der Waals surface area contributed by atoms with Crippen LogP contribution in [0, 0.1) is 11.8 Å². The standard InChI is InChI=1S/C11H21NO2/c1-5-6-12-10(4)8(2)9(3)11(14)7-13/h6,8-14H,1,7H2,2-4H3/t8-,9+,10-,11-/m1/s1. The van der Waals surface area contributed by atoms with Crippen LogP contribution in [0.15, 0.2) is 18.5 Å². The van der Waals surface area contributed by atoms with Crippen molar-refractivity contribution in [3.63, 3.8) is 0 Å². The predicted molar refractivity (Wildman–Crippen MR) is 57.7 cm³/mol. The quantitative estimate of drug-likeness (QED) is 0.557. The highest BCUT2D eigenvalue weighted by Gasteiger charge is 2.23. The van der Waals surface area contributed by atoms with Crippen molar-refractivity contribution in [2.45, 2.75) is 32.9 Å². The van der Waals surface area contributed by atoms with Gasteiger partial charge in [-0.25, -0.2) is 0 Å². The highest BCUT2D eigenvalue weighted by atomic mass is 16.3. The number of hydrogen-bond acceptors (Lipinski definition) is 3. The molecule has 0 heterocycles. The molecule has 3 N–H and O–H groups in total. The Balaban J connectivity index is 4.15. The van der Waals surface area contributed by atoms with Crippen LogP contribution in [-0.2, 0) is 0 Å². The fourth-order valence-electron chi connectivity index (χ4n) is 1.31. The van der Waals surface area contributed by atoms with Crippen LogP contribution < -0.4 is 5.32 Å². The average molecular weight is 199 g/mol. The molecule has 0 fully saturated rings. The van der Waals surface area contributed by atoms with E-state index in [0.717, 1.165) is 0 Å². The summed E-state index contributed by atoms with van der Waals surface area (Å²) in [5, 5.41) is 21.4. The molecule has 0 aliphatic heterocycles. The minimum Gasteiger partial charge on any atom is -0.394 e. The topological polar surface area (TPSA) is 52.5 Å². The first-order chi connectivity index (χ1) is 6.54. The third-order valence-electron chi connectivity index (χ3n) is 2.86. The molecule has 0 amide bonds. The fraction of sp³-hybridized carbons (Fsp3) is 0.727. The van der Waals surface area contributed by atoms with Gasteiger partial charge in [-0.05, 0) is 18.8 Å². The van der Waals surface area contributed by atoms with Crippen molar-refractivity contribution in [1.29, 1.82) is 0 Å². The summed E-state index contributed by atoms with van der Waals surface area (Å²) in [5.41, 5.74) is 2.64. The third-order valence-corrected chi connectivity index (χ3v) is 2.86. The van der Waals surface area contributed by atoms with Crippen molar-refractivity contribution in [1.82, 2.24) is 5.32 Å². The van der Waals surface area contributed by atoms with E-state index >= 15 is 0 Å². The van der Waals surface area contributed by atoms with E-state index in [-0.39, 0.29) is 24.5 Å². The third kappa shape index (κ3) is 3.97. The van der Waals surface area contributed by atoms with Crippen LogP contribution in [0.5, 0.6) is 0 Å². The summed E-state index contributed by atoms with van der Waals surface area (Å²) >= 11 is 0. The van der Waals surface area contributed by atoms with Gasteiger partial charge >= 0.3 is 0 Å². The normalized spacial score (nSPS) is 18.9. The smallest absolute Gasteiger partial charge is 0.0799 e. The van der Waals surface area contributed by atoms with Gasteiger partial charge in [0.15, 0.2) is 0 Å². The molecule has 0 aliphatic rings. The van der Waals surface area contributed by atoms with E-state index in [4.69, 9.17) is 5.11 Å². The molecule has 0 rings (SSSR count). The Morgan fingerprint density at radius 3 is 2.36 bits per heavy atom. The van der Waals surface area contributed by atoms with Crippen LogP contribution in [0.25, 0.3) is 0 Å². The molecule has 14 heavy (non-hydrogen) atoms. The molecule has 0 unspecified atom stereocenters. The van der Waals surface area contributed by atoms with Gasteiger partial charge in [-0.3, -0.25) is 0 Å². The van der Waals surface area contributed by atoms with Gasteiger partial charge in [0.2, 0.25) is 0 Å². The van der Waals surface area contributed by atoms with E-state index in [1.807, 2.05) is 20.8 Å². The Labute approximate surface area is 86.1 Å². The summed E-state index contributed by atoms with van der Waals surface area (Å²) in [5.74, 6) is 0.322. The van der Waals surface area contributed by atoms with Crippen LogP contribution in [0.3, 0.4) is 0 Å². The van der Waals surface area contributed by atoms with Crippen LogP contribution in [0.1, 0.15) is 20.8 Å². The van der Waals surface area contributed by atoms with Gasteiger partial charge in [-0.2, -0.15) is 0 Å². The molecule has 0 aliphatic carbocycles. The SMILES string of the molecule is C=C=CN[C@H](C)[C@H](C)[C@H](C)[C@H](O)CO. The van der Waals surface area contributed by atoms with Gasteiger partial charge in [0, 0.05) is 12.2 Å². The molecular weight excluding hydrogens is 178 g/mol. The monoisotopic (exact) mass is 199 g/mol. The molecule has 0 saturated heterocycles. The predicted octanol–water partition coefficient (Wildman–Crippen LogP) is 0.888. The van der Waals surface area contributed by atoms with E-state index < -0.39 is 6.10 Å². The maximum atomic E-state index is 9.46. The second-order valence-electron chi connectivity index (χ2n) is 3.77. The van der Waals surface area contributed by atoms with E-state index in [1.54, 1.807) is 6.20 Å². The first-order valence-electron chi connectivity index (χ1n) is 4.93. The van der Waals surface area contributed by atoms with Crippen molar-refractivity contribution >= 4 is 0 Å². The zero-order valence-corrected chi connectivity index (χ0v) is 9.20. The van der Waals surface area contributed by atoms with E-state index in [2.05, 4.69) is 17.6 Å². The summed E-state index contributed by atoms with van der Waals surface area (Å²) < 4.78 is 0. The number of nitrogens with one attached hydrogen (secondary N) is 1. The first-order valence-corrected chi connectivity index (χ1v) is 4.93. The minimum atomic E-state index is -0.651. The molecule has 0 aromatic rings. The molecule has 4 atom stereocenters. The summed E-state index contributed by atoms with van der Waals surface area (Å²) in [7, 11) is 0. The van der Waals surface area contributed by atoms with Gasteiger partial charge in [0.1, 0.15) is 0 Å². The number of rotatable bonds is 6. The number of aliphatic hydroxyl groups excluding tert-OH is 2. The van der Waals surface area contributed by atoms with Gasteiger partial charge < -0.3 is 15.5 Å². The maximum absolute atomic E-state index is 9.46. The van der Waals surface area contributed by atoms with Crippen LogP contribution in [0.4, 0.5) is 0 Å². The van der Waals surface area contributed by atoms with Gasteiger partial charge in [0.25, 0.3) is 0 Å². The van der Waals surface area contributed by atoms with Crippen molar-refractivity contribution in [3.8, 4) is 0 Å². The lowest BCUT2D eigenvalue weighted by Crippen LogP contribution is -2.37. The molecule has 0 spiro atoms. The lowest BCUT2D eigenvalue weighted by molar-refractivity contribution is 0.0283. The second-order valence-corrected chi connectivity index (χ2v) is 3.77. The lowest BCUT2D eigenvalue weighted by atomic mass is 9.86. The number of aliphatic hydroxyl groups is 2. The highest BCUT2D eigenvalue weighted by molar-refractivity contribution is 4.83. The van der Waals surface area contributed by atoms with Gasteiger partial charge in [-0.15, -0.1) is 5.73 Å². The minimum absolute atomic E-state index is 0.0562. The van der Waals surface area contributed by atoms with Crippen molar-refractivity contribution < 1.29 is 10.2 Å².